The smallest absolute Gasteiger partial charge is 0.180 e. The fraction of sp³-hybridized carbons (Fsp3) is 0.389. The first-order chi connectivity index (χ1) is 11.6. The molecule has 0 atom stereocenters. The molecular formula is C18H20ClN5. The summed E-state index contributed by atoms with van der Waals surface area (Å²) >= 11 is 6.60. The number of fused-ring (bicyclic) bond motifs is 1. The van der Waals surface area contributed by atoms with E-state index >= 15 is 0 Å². The van der Waals surface area contributed by atoms with Crippen LogP contribution in [0.3, 0.4) is 0 Å². The molecule has 0 spiro atoms. The van der Waals surface area contributed by atoms with Crippen molar-refractivity contribution in [2.24, 2.45) is 5.92 Å². The van der Waals surface area contributed by atoms with Gasteiger partial charge in [-0.15, -0.1) is 10.2 Å². The van der Waals surface area contributed by atoms with Crippen molar-refractivity contribution in [3.63, 3.8) is 0 Å². The number of hydrogen-bond donors (Lipinski definition) is 1. The fourth-order valence-electron chi connectivity index (χ4n) is 2.85. The second kappa shape index (κ2) is 6.06. The van der Waals surface area contributed by atoms with Crippen LogP contribution in [0.1, 0.15) is 32.5 Å². The molecule has 1 aliphatic carbocycles. The second-order valence-electron chi connectivity index (χ2n) is 6.73. The minimum atomic E-state index is 0.351. The average Bonchev–Trinajstić information content (AvgIpc) is 3.27. The first-order valence-electron chi connectivity index (χ1n) is 8.37. The molecule has 5 nitrogen and oxygen atoms in total. The Labute approximate surface area is 146 Å². The highest BCUT2D eigenvalue weighted by Gasteiger charge is 2.24. The second-order valence-corrected chi connectivity index (χ2v) is 7.11. The van der Waals surface area contributed by atoms with Gasteiger partial charge in [0.1, 0.15) is 11.6 Å². The Morgan fingerprint density at radius 3 is 2.75 bits per heavy atom. The molecule has 1 N–H and O–H groups in total. The zero-order valence-corrected chi connectivity index (χ0v) is 14.6. The number of anilines is 1. The van der Waals surface area contributed by atoms with Crippen molar-refractivity contribution < 1.29 is 0 Å². The Morgan fingerprint density at radius 2 is 2.08 bits per heavy atom. The molecule has 1 saturated carbocycles. The van der Waals surface area contributed by atoms with Crippen molar-refractivity contribution >= 4 is 23.1 Å². The van der Waals surface area contributed by atoms with Gasteiger partial charge >= 0.3 is 0 Å². The predicted octanol–water partition coefficient (Wildman–Crippen LogP) is 4.22. The van der Waals surface area contributed by atoms with Gasteiger partial charge in [0.15, 0.2) is 5.65 Å². The van der Waals surface area contributed by atoms with E-state index in [2.05, 4.69) is 34.3 Å². The molecule has 0 saturated heterocycles. The first-order valence-corrected chi connectivity index (χ1v) is 8.74. The summed E-state index contributed by atoms with van der Waals surface area (Å²) in [6.45, 7) is 4.18. The van der Waals surface area contributed by atoms with Crippen molar-refractivity contribution in [3.8, 4) is 11.1 Å². The maximum Gasteiger partial charge on any atom is 0.180 e. The van der Waals surface area contributed by atoms with Gasteiger partial charge in [0, 0.05) is 36.0 Å². The molecule has 1 fully saturated rings. The Hall–Kier alpha value is -2.14. The molecule has 0 unspecified atom stereocenters. The Bertz CT molecular complexity index is 865. The van der Waals surface area contributed by atoms with Gasteiger partial charge in [-0.3, -0.25) is 4.40 Å². The molecule has 3 aromatic heterocycles. The number of nitrogens with zero attached hydrogens (tertiary/aromatic N) is 4. The quantitative estimate of drug-likeness (QED) is 0.755. The minimum absolute atomic E-state index is 0.351. The number of hydrogen-bond acceptors (Lipinski definition) is 4. The molecule has 3 heterocycles. The third kappa shape index (κ3) is 2.96. The van der Waals surface area contributed by atoms with Gasteiger partial charge in [-0.2, -0.15) is 0 Å². The van der Waals surface area contributed by atoms with E-state index in [4.69, 9.17) is 11.6 Å². The van der Waals surface area contributed by atoms with E-state index < -0.39 is 0 Å². The van der Waals surface area contributed by atoms with Crippen LogP contribution in [-0.2, 0) is 6.42 Å². The first kappa shape index (κ1) is 15.4. The minimum Gasteiger partial charge on any atom is -0.368 e. The van der Waals surface area contributed by atoms with Crippen LogP contribution in [0.2, 0.25) is 5.02 Å². The highest BCUT2D eigenvalue weighted by molar-refractivity contribution is 6.36. The van der Waals surface area contributed by atoms with Gasteiger partial charge in [0.2, 0.25) is 0 Å². The third-order valence-electron chi connectivity index (χ3n) is 4.27. The number of aromatic nitrogens is 4. The molecule has 24 heavy (non-hydrogen) atoms. The van der Waals surface area contributed by atoms with Crippen molar-refractivity contribution in [1.29, 1.82) is 0 Å². The van der Waals surface area contributed by atoms with E-state index in [9.17, 15) is 0 Å². The van der Waals surface area contributed by atoms with Crippen LogP contribution in [0, 0.1) is 5.92 Å². The lowest BCUT2D eigenvalue weighted by Crippen LogP contribution is -2.10. The molecular weight excluding hydrogens is 322 g/mol. The fourth-order valence-corrected chi connectivity index (χ4v) is 3.15. The highest BCUT2D eigenvalue weighted by Crippen LogP contribution is 2.34. The summed E-state index contributed by atoms with van der Waals surface area (Å²) in [6.07, 6.45) is 7.42. The van der Waals surface area contributed by atoms with Gasteiger partial charge in [0.25, 0.3) is 0 Å². The van der Waals surface area contributed by atoms with E-state index in [1.165, 1.54) is 12.8 Å². The number of pyridine rings is 2. The topological polar surface area (TPSA) is 55.1 Å². The number of rotatable bonds is 5. The van der Waals surface area contributed by atoms with Crippen LogP contribution in [0.5, 0.6) is 0 Å². The maximum absolute atomic E-state index is 6.60. The zero-order valence-electron chi connectivity index (χ0n) is 13.8. The Morgan fingerprint density at radius 1 is 1.25 bits per heavy atom. The van der Waals surface area contributed by atoms with E-state index in [1.54, 1.807) is 0 Å². The van der Waals surface area contributed by atoms with Crippen LogP contribution < -0.4 is 5.32 Å². The summed E-state index contributed by atoms with van der Waals surface area (Å²) in [7, 11) is 0. The van der Waals surface area contributed by atoms with Crippen LogP contribution in [0.4, 0.5) is 5.82 Å². The number of nitrogens with one attached hydrogen (secondary N) is 1. The average molecular weight is 342 g/mol. The van der Waals surface area contributed by atoms with Gasteiger partial charge in [-0.25, -0.2) is 4.98 Å². The molecule has 4 rings (SSSR count). The highest BCUT2D eigenvalue weighted by atomic mass is 35.5. The summed E-state index contributed by atoms with van der Waals surface area (Å²) in [6, 6.07) is 6.36. The van der Waals surface area contributed by atoms with Crippen LogP contribution in [-0.4, -0.2) is 25.6 Å². The summed E-state index contributed by atoms with van der Waals surface area (Å²) in [5, 5.41) is 12.5. The third-order valence-corrected chi connectivity index (χ3v) is 4.64. The molecule has 0 radical (unpaired) electrons. The summed E-state index contributed by atoms with van der Waals surface area (Å²) in [5.74, 6) is 2.62. The summed E-state index contributed by atoms with van der Waals surface area (Å²) in [5.41, 5.74) is 2.62. The monoisotopic (exact) mass is 341 g/mol. The molecule has 1 aliphatic rings. The summed E-state index contributed by atoms with van der Waals surface area (Å²) < 4.78 is 2.01. The maximum atomic E-state index is 6.60. The van der Waals surface area contributed by atoms with Crippen molar-refractivity contribution in [1.82, 2.24) is 19.6 Å². The lowest BCUT2D eigenvalue weighted by atomic mass is 10.1. The van der Waals surface area contributed by atoms with Gasteiger partial charge in [0.05, 0.1) is 5.02 Å². The molecule has 0 aromatic carbocycles. The van der Waals surface area contributed by atoms with E-state index in [1.807, 2.05) is 35.0 Å². The van der Waals surface area contributed by atoms with E-state index in [0.717, 1.165) is 35.1 Å². The Kier molecular flexibility index (Phi) is 3.88. The van der Waals surface area contributed by atoms with Crippen LogP contribution in [0.15, 0.2) is 30.6 Å². The lowest BCUT2D eigenvalue weighted by Gasteiger charge is -2.10. The van der Waals surface area contributed by atoms with Crippen molar-refractivity contribution in [2.45, 2.75) is 39.2 Å². The normalized spacial score (nSPS) is 14.5. The molecule has 0 bridgehead atoms. The van der Waals surface area contributed by atoms with Crippen molar-refractivity contribution in [2.75, 3.05) is 5.32 Å². The zero-order chi connectivity index (χ0) is 16.7. The van der Waals surface area contributed by atoms with Crippen LogP contribution >= 0.6 is 11.6 Å². The summed E-state index contributed by atoms with van der Waals surface area (Å²) in [4.78, 5) is 4.46. The molecule has 0 amide bonds. The van der Waals surface area contributed by atoms with Gasteiger partial charge in [-0.1, -0.05) is 11.6 Å². The van der Waals surface area contributed by atoms with E-state index in [-0.39, 0.29) is 0 Å². The Balaban J connectivity index is 1.67. The molecule has 6 heteroatoms. The van der Waals surface area contributed by atoms with Crippen LogP contribution in [0.25, 0.3) is 16.8 Å². The molecule has 124 valence electrons. The predicted molar refractivity (Wildman–Crippen MR) is 96.4 cm³/mol. The molecule has 3 aromatic rings. The standard InChI is InChI=1S/C18H20ClN5/c1-11(2)21-15-6-5-13(10-20-15)14-7-8-24-16(9-12-3-4-12)22-23-18(24)17(14)19/h5-8,10-12H,3-4,9H2,1-2H3,(H,20,21). The largest absolute Gasteiger partial charge is 0.368 e. The SMILES string of the molecule is CC(C)Nc1ccc(-c2ccn3c(CC4CC4)nnc3c2Cl)cn1. The molecule has 0 aliphatic heterocycles. The van der Waals surface area contributed by atoms with E-state index in [0.29, 0.717) is 16.7 Å². The number of halogens is 1. The van der Waals surface area contributed by atoms with Gasteiger partial charge < -0.3 is 5.32 Å². The van der Waals surface area contributed by atoms with Gasteiger partial charge in [-0.05, 0) is 50.8 Å². The van der Waals surface area contributed by atoms with Crippen molar-refractivity contribution in [3.05, 3.63) is 41.4 Å². The lowest BCUT2D eigenvalue weighted by molar-refractivity contribution is 0.758.